The molecular formula is C31H24FN3O4. The fourth-order valence-electron chi connectivity index (χ4n) is 4.51. The van der Waals surface area contributed by atoms with Crippen LogP contribution in [0, 0.1) is 10.7 Å². The highest BCUT2D eigenvalue weighted by Gasteiger charge is 2.25. The maximum absolute atomic E-state index is 13.9. The Labute approximate surface area is 224 Å². The van der Waals surface area contributed by atoms with Gasteiger partial charge in [-0.3, -0.25) is 9.59 Å². The number of carbonyl (C=O) groups is 2. The summed E-state index contributed by atoms with van der Waals surface area (Å²) < 4.78 is 19.7. The predicted octanol–water partition coefficient (Wildman–Crippen LogP) is 6.15. The minimum absolute atomic E-state index is 0.231. The lowest BCUT2D eigenvalue weighted by Crippen LogP contribution is -2.36. The smallest absolute Gasteiger partial charge is 0.273 e. The van der Waals surface area contributed by atoms with Crippen LogP contribution >= 0.6 is 0 Å². The first-order valence-corrected chi connectivity index (χ1v) is 12.3. The minimum Gasteiger partial charge on any atom is -0.457 e. The van der Waals surface area contributed by atoms with Gasteiger partial charge in [0.1, 0.15) is 17.3 Å². The van der Waals surface area contributed by atoms with Crippen molar-refractivity contribution in [2.45, 2.75) is 13.0 Å². The minimum atomic E-state index is -0.610. The maximum Gasteiger partial charge on any atom is 0.273 e. The summed E-state index contributed by atoms with van der Waals surface area (Å²) in [6, 6.07) is 27.7. The molecule has 1 N–H and O–H groups in total. The van der Waals surface area contributed by atoms with Gasteiger partial charge in [-0.05, 0) is 83.3 Å². The molecule has 1 aliphatic heterocycles. The standard InChI is InChI=1S/C31H24FN3O4/c32-26-13-11-23(12-14-26)29(18-21-5-4-8-28(17-21)39-27-6-2-1-3-7-27)31(37)35-16-15-22-9-10-24(19-25(22)20-35)30(36)33-34-38/h1-14,17-19H,15-16,20H2,(H,33,36,38). The molecule has 0 atom stereocenters. The molecule has 7 nitrogen and oxygen atoms in total. The van der Waals surface area contributed by atoms with Crippen LogP contribution in [0.15, 0.2) is 102 Å². The number of para-hydroxylation sites is 1. The van der Waals surface area contributed by atoms with Crippen LogP contribution in [0.2, 0.25) is 0 Å². The highest BCUT2D eigenvalue weighted by atomic mass is 19.1. The second-order valence-electron chi connectivity index (χ2n) is 9.04. The van der Waals surface area contributed by atoms with Crippen LogP contribution in [0.25, 0.3) is 11.6 Å². The number of amides is 2. The molecule has 1 heterocycles. The summed E-state index contributed by atoms with van der Waals surface area (Å²) in [5, 5.41) is 2.44. The first kappa shape index (κ1) is 25.5. The second kappa shape index (κ2) is 11.5. The first-order chi connectivity index (χ1) is 19.0. The lowest BCUT2D eigenvalue weighted by atomic mass is 9.95. The van der Waals surface area contributed by atoms with E-state index in [0.29, 0.717) is 35.6 Å². The van der Waals surface area contributed by atoms with Crippen molar-refractivity contribution in [3.63, 3.8) is 0 Å². The molecule has 0 spiro atoms. The molecule has 0 bridgehead atoms. The quantitative estimate of drug-likeness (QED) is 0.137. The van der Waals surface area contributed by atoms with E-state index in [1.165, 1.54) is 12.1 Å². The van der Waals surface area contributed by atoms with Crippen LogP contribution in [-0.2, 0) is 17.8 Å². The van der Waals surface area contributed by atoms with Gasteiger partial charge in [-0.15, -0.1) is 4.91 Å². The zero-order chi connectivity index (χ0) is 27.2. The molecule has 194 valence electrons. The number of nitroso groups, excluding NO2 is 1. The molecule has 4 aromatic rings. The van der Waals surface area contributed by atoms with Crippen LogP contribution in [0.4, 0.5) is 4.39 Å². The summed E-state index contributed by atoms with van der Waals surface area (Å²) >= 11 is 0. The Hall–Kier alpha value is -5.11. The summed E-state index contributed by atoms with van der Waals surface area (Å²) in [6.45, 7) is 0.752. The molecule has 0 fully saturated rings. The molecule has 4 aromatic carbocycles. The third-order valence-corrected chi connectivity index (χ3v) is 6.45. The lowest BCUT2D eigenvalue weighted by molar-refractivity contribution is -0.125. The number of halogens is 1. The topological polar surface area (TPSA) is 88.1 Å². The van der Waals surface area contributed by atoms with E-state index < -0.39 is 11.7 Å². The van der Waals surface area contributed by atoms with Crippen molar-refractivity contribution in [3.05, 3.63) is 136 Å². The molecule has 5 rings (SSSR count). The Balaban J connectivity index is 1.46. The third-order valence-electron chi connectivity index (χ3n) is 6.45. The van der Waals surface area contributed by atoms with Crippen molar-refractivity contribution < 1.29 is 18.7 Å². The zero-order valence-electron chi connectivity index (χ0n) is 20.8. The van der Waals surface area contributed by atoms with E-state index in [2.05, 4.69) is 5.29 Å². The molecule has 1 aliphatic rings. The molecule has 8 heteroatoms. The first-order valence-electron chi connectivity index (χ1n) is 12.3. The highest BCUT2D eigenvalue weighted by molar-refractivity contribution is 6.24. The number of carbonyl (C=O) groups excluding carboxylic acids is 2. The number of nitrogens with one attached hydrogen (secondary N) is 1. The molecule has 0 saturated carbocycles. The van der Waals surface area contributed by atoms with Gasteiger partial charge in [0.2, 0.25) is 0 Å². The molecule has 2 amide bonds. The van der Waals surface area contributed by atoms with Gasteiger partial charge in [0.25, 0.3) is 11.8 Å². The van der Waals surface area contributed by atoms with Gasteiger partial charge >= 0.3 is 0 Å². The van der Waals surface area contributed by atoms with E-state index >= 15 is 0 Å². The van der Waals surface area contributed by atoms with Gasteiger partial charge < -0.3 is 9.64 Å². The third kappa shape index (κ3) is 6.07. The van der Waals surface area contributed by atoms with Crippen molar-refractivity contribution >= 4 is 23.5 Å². The van der Waals surface area contributed by atoms with Crippen LogP contribution in [0.1, 0.15) is 32.6 Å². The van der Waals surface area contributed by atoms with E-state index in [1.54, 1.807) is 35.2 Å². The average molecular weight is 522 g/mol. The molecule has 0 saturated heterocycles. The number of hydrogen-bond acceptors (Lipinski definition) is 5. The van der Waals surface area contributed by atoms with Gasteiger partial charge in [0, 0.05) is 24.2 Å². The lowest BCUT2D eigenvalue weighted by Gasteiger charge is -2.30. The van der Waals surface area contributed by atoms with Gasteiger partial charge in [-0.1, -0.05) is 48.5 Å². The number of nitrogens with zero attached hydrogens (tertiary/aromatic N) is 2. The number of hydrogen-bond donors (Lipinski definition) is 1. The van der Waals surface area contributed by atoms with Crippen LogP contribution < -0.4 is 10.2 Å². The number of benzene rings is 4. The monoisotopic (exact) mass is 521 g/mol. The SMILES string of the molecule is O=NNC(=O)c1ccc2c(c1)CN(C(=O)C(=Cc1cccc(Oc3ccccc3)c1)c1ccc(F)cc1)CC2. The Kier molecular flexibility index (Phi) is 7.54. The van der Waals surface area contributed by atoms with E-state index in [0.717, 1.165) is 16.7 Å². The maximum atomic E-state index is 13.9. The largest absolute Gasteiger partial charge is 0.457 e. The van der Waals surface area contributed by atoms with Gasteiger partial charge in [0.15, 0.2) is 0 Å². The fraction of sp³-hybridized carbons (Fsp3) is 0.0968. The highest BCUT2D eigenvalue weighted by Crippen LogP contribution is 2.28. The molecule has 0 unspecified atom stereocenters. The summed E-state index contributed by atoms with van der Waals surface area (Å²) in [4.78, 5) is 38.1. The van der Waals surface area contributed by atoms with Gasteiger partial charge in [-0.2, -0.15) is 0 Å². The van der Waals surface area contributed by atoms with Crippen LogP contribution in [0.5, 0.6) is 11.5 Å². The van der Waals surface area contributed by atoms with E-state index in [1.807, 2.05) is 66.1 Å². The molecule has 0 aromatic heterocycles. The van der Waals surface area contributed by atoms with Crippen molar-refractivity contribution in [3.8, 4) is 11.5 Å². The molecule has 0 aliphatic carbocycles. The summed E-state index contributed by atoms with van der Waals surface area (Å²) in [5.74, 6) is 0.0684. The van der Waals surface area contributed by atoms with Gasteiger partial charge in [0.05, 0.1) is 5.29 Å². The van der Waals surface area contributed by atoms with Crippen LogP contribution in [-0.4, -0.2) is 23.3 Å². The predicted molar refractivity (Wildman–Crippen MR) is 146 cm³/mol. The zero-order valence-corrected chi connectivity index (χ0v) is 20.8. The Morgan fingerprint density at radius 2 is 1.59 bits per heavy atom. The van der Waals surface area contributed by atoms with Gasteiger partial charge in [-0.25, -0.2) is 9.82 Å². The molecule has 39 heavy (non-hydrogen) atoms. The van der Waals surface area contributed by atoms with E-state index in [4.69, 9.17) is 4.74 Å². The Morgan fingerprint density at radius 3 is 2.36 bits per heavy atom. The number of fused-ring (bicyclic) bond motifs is 1. The average Bonchev–Trinajstić information content (AvgIpc) is 2.96. The van der Waals surface area contributed by atoms with E-state index in [-0.39, 0.29) is 18.0 Å². The normalized spacial score (nSPS) is 12.8. The molecular weight excluding hydrogens is 497 g/mol. The Bertz CT molecular complexity index is 1550. The van der Waals surface area contributed by atoms with Crippen molar-refractivity contribution in [1.82, 2.24) is 10.3 Å². The summed E-state index contributed by atoms with van der Waals surface area (Å²) in [7, 11) is 0. The number of rotatable bonds is 7. The van der Waals surface area contributed by atoms with Crippen molar-refractivity contribution in [2.75, 3.05) is 6.54 Å². The van der Waals surface area contributed by atoms with Crippen molar-refractivity contribution in [1.29, 1.82) is 0 Å². The Morgan fingerprint density at radius 1 is 0.846 bits per heavy atom. The van der Waals surface area contributed by atoms with E-state index in [9.17, 15) is 18.9 Å². The summed E-state index contributed by atoms with van der Waals surface area (Å²) in [5.41, 5.74) is 5.73. The second-order valence-corrected chi connectivity index (χ2v) is 9.04. The molecule has 0 radical (unpaired) electrons. The number of ether oxygens (including phenoxy) is 1. The van der Waals surface area contributed by atoms with Crippen molar-refractivity contribution in [2.24, 2.45) is 5.29 Å². The summed E-state index contributed by atoms with van der Waals surface area (Å²) in [6.07, 6.45) is 2.37. The fourth-order valence-corrected chi connectivity index (χ4v) is 4.51. The van der Waals surface area contributed by atoms with Crippen LogP contribution in [0.3, 0.4) is 0 Å².